The molecule has 2 rings (SSSR count). The average Bonchev–Trinajstić information content (AvgIpc) is 2.94. The van der Waals surface area contributed by atoms with Crippen LogP contribution in [0.1, 0.15) is 20.2 Å². The number of sulfonamides is 1. The van der Waals surface area contributed by atoms with E-state index in [4.69, 9.17) is 0 Å². The molecule has 20 heavy (non-hydrogen) atoms. The lowest BCUT2D eigenvalue weighted by atomic mass is 10.3. The number of anilines is 1. The summed E-state index contributed by atoms with van der Waals surface area (Å²) in [6.07, 6.45) is 0. The monoisotopic (exact) mass is 333 g/mol. The van der Waals surface area contributed by atoms with Crippen molar-refractivity contribution in [1.29, 1.82) is 0 Å². The van der Waals surface area contributed by atoms with Crippen LogP contribution in [0.4, 0.5) is 5.13 Å². The van der Waals surface area contributed by atoms with Crippen molar-refractivity contribution in [2.45, 2.75) is 18.7 Å². The molecule has 0 saturated carbocycles. The first kappa shape index (κ1) is 14.9. The van der Waals surface area contributed by atoms with Gasteiger partial charge in [0, 0.05) is 0 Å². The number of ether oxygens (including phenoxy) is 1. The molecule has 2 aromatic rings. The van der Waals surface area contributed by atoms with Crippen molar-refractivity contribution in [3.63, 3.8) is 0 Å². The third-order valence-corrected chi connectivity index (χ3v) is 5.92. The summed E-state index contributed by atoms with van der Waals surface area (Å²) < 4.78 is 31.6. The summed E-state index contributed by atoms with van der Waals surface area (Å²) in [5, 5.41) is 9.81. The molecule has 0 fully saturated rings. The normalized spacial score (nSPS) is 11.3. The van der Waals surface area contributed by atoms with Gasteiger partial charge in [0.25, 0.3) is 10.0 Å². The van der Waals surface area contributed by atoms with Crippen LogP contribution in [-0.4, -0.2) is 31.7 Å². The SMILES string of the molecule is COC(=O)c1scc(C)c1S(=O)(=O)Nc1nnc(C)s1. The third kappa shape index (κ3) is 2.81. The number of aryl methyl sites for hydroxylation is 2. The maximum atomic E-state index is 12.4. The summed E-state index contributed by atoms with van der Waals surface area (Å²) in [5.41, 5.74) is 0.476. The van der Waals surface area contributed by atoms with Crippen molar-refractivity contribution in [3.05, 3.63) is 20.8 Å². The molecule has 0 atom stereocenters. The molecule has 2 heterocycles. The van der Waals surface area contributed by atoms with E-state index in [1.54, 1.807) is 19.2 Å². The number of esters is 1. The molecule has 0 aliphatic rings. The number of thiophene rings is 1. The predicted octanol–water partition coefficient (Wildman–Crippen LogP) is 1.80. The van der Waals surface area contributed by atoms with E-state index < -0.39 is 16.0 Å². The molecule has 0 aliphatic carbocycles. The van der Waals surface area contributed by atoms with Gasteiger partial charge in [-0.1, -0.05) is 11.3 Å². The van der Waals surface area contributed by atoms with E-state index in [1.165, 1.54) is 7.11 Å². The summed E-state index contributed by atoms with van der Waals surface area (Å²) in [7, 11) is -2.70. The Morgan fingerprint density at radius 1 is 1.35 bits per heavy atom. The van der Waals surface area contributed by atoms with E-state index in [2.05, 4.69) is 19.7 Å². The number of carbonyl (C=O) groups is 1. The van der Waals surface area contributed by atoms with Gasteiger partial charge in [-0.3, -0.25) is 4.72 Å². The number of hydrogen-bond donors (Lipinski definition) is 1. The van der Waals surface area contributed by atoms with Crippen molar-refractivity contribution in [2.24, 2.45) is 0 Å². The lowest BCUT2D eigenvalue weighted by Gasteiger charge is -2.06. The molecule has 10 heteroatoms. The quantitative estimate of drug-likeness (QED) is 0.857. The summed E-state index contributed by atoms with van der Waals surface area (Å²) in [6, 6.07) is 0. The highest BCUT2D eigenvalue weighted by Crippen LogP contribution is 2.29. The molecule has 0 aromatic carbocycles. The molecule has 2 aromatic heterocycles. The molecular weight excluding hydrogens is 322 g/mol. The first-order valence-corrected chi connectivity index (χ1v) is 8.52. The molecule has 0 saturated heterocycles. The number of methoxy groups -OCH3 is 1. The van der Waals surface area contributed by atoms with Crippen molar-refractivity contribution in [3.8, 4) is 0 Å². The van der Waals surface area contributed by atoms with Crippen LogP contribution in [0.25, 0.3) is 0 Å². The number of aromatic nitrogens is 2. The zero-order chi connectivity index (χ0) is 14.9. The van der Waals surface area contributed by atoms with Gasteiger partial charge >= 0.3 is 5.97 Å². The minimum absolute atomic E-state index is 0.0405. The molecule has 7 nitrogen and oxygen atoms in total. The van der Waals surface area contributed by atoms with E-state index in [1.807, 2.05) is 0 Å². The highest BCUT2D eigenvalue weighted by molar-refractivity contribution is 7.93. The van der Waals surface area contributed by atoms with Gasteiger partial charge in [-0.25, -0.2) is 13.2 Å². The van der Waals surface area contributed by atoms with E-state index in [9.17, 15) is 13.2 Å². The Hall–Kier alpha value is -1.52. The Morgan fingerprint density at radius 3 is 2.60 bits per heavy atom. The largest absolute Gasteiger partial charge is 0.465 e. The van der Waals surface area contributed by atoms with Crippen LogP contribution in [0.15, 0.2) is 10.3 Å². The number of carbonyl (C=O) groups excluding carboxylic acids is 1. The lowest BCUT2D eigenvalue weighted by Crippen LogP contribution is -2.16. The summed E-state index contributed by atoms with van der Waals surface area (Å²) in [5.74, 6) is -0.683. The first-order chi connectivity index (χ1) is 9.35. The van der Waals surface area contributed by atoms with Crippen LogP contribution in [0, 0.1) is 13.8 Å². The highest BCUT2D eigenvalue weighted by atomic mass is 32.2. The maximum absolute atomic E-state index is 12.4. The van der Waals surface area contributed by atoms with E-state index in [0.717, 1.165) is 22.7 Å². The molecule has 1 N–H and O–H groups in total. The van der Waals surface area contributed by atoms with Gasteiger partial charge in [-0.05, 0) is 24.8 Å². The average molecular weight is 333 g/mol. The third-order valence-electron chi connectivity index (χ3n) is 2.31. The lowest BCUT2D eigenvalue weighted by molar-refractivity contribution is 0.0602. The number of hydrogen-bond acceptors (Lipinski definition) is 8. The Morgan fingerprint density at radius 2 is 2.05 bits per heavy atom. The molecule has 0 spiro atoms. The summed E-state index contributed by atoms with van der Waals surface area (Å²) in [4.78, 5) is 11.6. The van der Waals surface area contributed by atoms with Crippen LogP contribution < -0.4 is 4.72 Å². The van der Waals surface area contributed by atoms with Crippen LogP contribution in [0.3, 0.4) is 0 Å². The first-order valence-electron chi connectivity index (χ1n) is 5.34. The van der Waals surface area contributed by atoms with E-state index in [-0.39, 0.29) is 14.9 Å². The van der Waals surface area contributed by atoms with Crippen molar-refractivity contribution in [1.82, 2.24) is 10.2 Å². The van der Waals surface area contributed by atoms with Gasteiger partial charge in [0.1, 0.15) is 14.8 Å². The second-order valence-corrected chi connectivity index (χ2v) is 7.48. The van der Waals surface area contributed by atoms with Gasteiger partial charge in [-0.2, -0.15) is 0 Å². The fourth-order valence-corrected chi connectivity index (χ4v) is 5.03. The van der Waals surface area contributed by atoms with Crippen LogP contribution in [0.2, 0.25) is 0 Å². The van der Waals surface area contributed by atoms with Gasteiger partial charge < -0.3 is 4.74 Å². The van der Waals surface area contributed by atoms with Crippen LogP contribution >= 0.6 is 22.7 Å². The highest BCUT2D eigenvalue weighted by Gasteiger charge is 2.28. The second-order valence-electron chi connectivity index (χ2n) is 3.80. The topological polar surface area (TPSA) is 98.2 Å². The van der Waals surface area contributed by atoms with Crippen LogP contribution in [-0.2, 0) is 14.8 Å². The van der Waals surface area contributed by atoms with Crippen molar-refractivity contribution >= 4 is 43.8 Å². The summed E-state index contributed by atoms with van der Waals surface area (Å²) in [6.45, 7) is 3.33. The second kappa shape index (κ2) is 5.46. The van der Waals surface area contributed by atoms with Gasteiger partial charge in [0.2, 0.25) is 5.13 Å². The minimum Gasteiger partial charge on any atom is -0.465 e. The predicted molar refractivity (Wildman–Crippen MR) is 75.9 cm³/mol. The number of nitrogens with zero attached hydrogens (tertiary/aromatic N) is 2. The van der Waals surface area contributed by atoms with Crippen LogP contribution in [0.5, 0.6) is 0 Å². The number of nitrogens with one attached hydrogen (secondary N) is 1. The Balaban J connectivity index is 2.44. The molecule has 0 bridgehead atoms. The van der Waals surface area contributed by atoms with Crippen molar-refractivity contribution < 1.29 is 17.9 Å². The van der Waals surface area contributed by atoms with E-state index in [0.29, 0.717) is 10.6 Å². The molecule has 0 aliphatic heterocycles. The standard InChI is InChI=1S/C10H11N3O4S3/c1-5-4-18-7(9(14)17-3)8(5)20(15,16)13-10-12-11-6(2)19-10/h4H,1-3H3,(H,12,13). The molecule has 108 valence electrons. The Labute approximate surface area is 123 Å². The van der Waals surface area contributed by atoms with Gasteiger partial charge in [0.05, 0.1) is 7.11 Å². The maximum Gasteiger partial charge on any atom is 0.349 e. The molecule has 0 unspecified atom stereocenters. The molecular formula is C10H11N3O4S3. The van der Waals surface area contributed by atoms with Gasteiger partial charge in [-0.15, -0.1) is 21.5 Å². The Kier molecular flexibility index (Phi) is 4.06. The van der Waals surface area contributed by atoms with Crippen molar-refractivity contribution in [2.75, 3.05) is 11.8 Å². The molecule has 0 amide bonds. The molecule has 0 radical (unpaired) electrons. The zero-order valence-corrected chi connectivity index (χ0v) is 13.3. The van der Waals surface area contributed by atoms with E-state index >= 15 is 0 Å². The smallest absolute Gasteiger partial charge is 0.349 e. The number of rotatable bonds is 4. The fraction of sp³-hybridized carbons (Fsp3) is 0.300. The Bertz CT molecular complexity index is 748. The fourth-order valence-electron chi connectivity index (χ4n) is 1.50. The minimum atomic E-state index is -3.91. The van der Waals surface area contributed by atoms with Gasteiger partial charge in [0.15, 0.2) is 0 Å². The summed E-state index contributed by atoms with van der Waals surface area (Å²) >= 11 is 2.14. The zero-order valence-electron chi connectivity index (χ0n) is 10.8.